The minimum atomic E-state index is -4.74. The van der Waals surface area contributed by atoms with Crippen molar-refractivity contribution in [3.8, 4) is 5.75 Å². The molecule has 1 rings (SSSR count). The largest absolute Gasteiger partial charge is 0.486 e. The van der Waals surface area contributed by atoms with Crippen molar-refractivity contribution >= 4 is 11.5 Å². The Balaban J connectivity index is 2.94. The number of alkyl halides is 3. The van der Waals surface area contributed by atoms with Crippen molar-refractivity contribution in [3.05, 3.63) is 33.9 Å². The SMILES string of the molecule is Cc1ccc(OCC(C(=N)N)C(F)(F)F)c([N+](=O)[O-])c1. The van der Waals surface area contributed by atoms with Gasteiger partial charge in [0.05, 0.1) is 4.92 Å². The van der Waals surface area contributed by atoms with Crippen LogP contribution in [0.25, 0.3) is 0 Å². The predicted molar refractivity (Wildman–Crippen MR) is 64.8 cm³/mol. The van der Waals surface area contributed by atoms with Crippen LogP contribution >= 0.6 is 0 Å². The van der Waals surface area contributed by atoms with Crippen molar-refractivity contribution < 1.29 is 22.8 Å². The summed E-state index contributed by atoms with van der Waals surface area (Å²) >= 11 is 0. The van der Waals surface area contributed by atoms with Crippen LogP contribution in [0.4, 0.5) is 18.9 Å². The fourth-order valence-corrected chi connectivity index (χ4v) is 1.43. The zero-order valence-electron chi connectivity index (χ0n) is 10.4. The van der Waals surface area contributed by atoms with Crippen molar-refractivity contribution in [2.75, 3.05) is 6.61 Å². The number of halogens is 3. The van der Waals surface area contributed by atoms with Gasteiger partial charge < -0.3 is 10.5 Å². The summed E-state index contributed by atoms with van der Waals surface area (Å²) < 4.78 is 42.5. The van der Waals surface area contributed by atoms with Gasteiger partial charge in [-0.3, -0.25) is 15.5 Å². The van der Waals surface area contributed by atoms with Gasteiger partial charge in [0, 0.05) is 6.07 Å². The van der Waals surface area contributed by atoms with Crippen molar-refractivity contribution in [2.24, 2.45) is 11.7 Å². The van der Waals surface area contributed by atoms with Gasteiger partial charge in [-0.25, -0.2) is 0 Å². The first kappa shape index (κ1) is 15.7. The molecule has 0 saturated carbocycles. The molecule has 0 bridgehead atoms. The molecule has 9 heteroatoms. The van der Waals surface area contributed by atoms with E-state index in [1.165, 1.54) is 18.2 Å². The molecule has 0 aliphatic rings. The van der Waals surface area contributed by atoms with Crippen LogP contribution < -0.4 is 10.5 Å². The summed E-state index contributed by atoms with van der Waals surface area (Å²) in [6.07, 6.45) is -4.74. The first-order valence-electron chi connectivity index (χ1n) is 5.41. The van der Waals surface area contributed by atoms with Crippen molar-refractivity contribution in [3.63, 3.8) is 0 Å². The maximum Gasteiger partial charge on any atom is 0.401 e. The van der Waals surface area contributed by atoms with Crippen LogP contribution in [0, 0.1) is 28.4 Å². The first-order valence-corrected chi connectivity index (χ1v) is 5.41. The Bertz CT molecular complexity index is 531. The molecule has 110 valence electrons. The number of hydrogen-bond acceptors (Lipinski definition) is 4. The third kappa shape index (κ3) is 3.84. The highest BCUT2D eigenvalue weighted by Gasteiger charge is 2.42. The molecule has 6 nitrogen and oxygen atoms in total. The van der Waals surface area contributed by atoms with Gasteiger partial charge in [0.25, 0.3) is 0 Å². The van der Waals surface area contributed by atoms with Crippen LogP contribution in [0.15, 0.2) is 18.2 Å². The fraction of sp³-hybridized carbons (Fsp3) is 0.364. The Morgan fingerprint density at radius 2 is 2.15 bits per heavy atom. The molecule has 0 saturated heterocycles. The van der Waals surface area contributed by atoms with E-state index in [-0.39, 0.29) is 5.75 Å². The van der Waals surface area contributed by atoms with Gasteiger partial charge in [0.1, 0.15) is 18.4 Å². The lowest BCUT2D eigenvalue weighted by Crippen LogP contribution is -2.39. The van der Waals surface area contributed by atoms with Crippen molar-refractivity contribution in [1.82, 2.24) is 0 Å². The highest BCUT2D eigenvalue weighted by molar-refractivity contribution is 5.80. The molecule has 1 atom stereocenters. The second kappa shape index (κ2) is 5.76. The number of aryl methyl sites for hydroxylation is 1. The van der Waals surface area contributed by atoms with Crippen LogP contribution in [0.3, 0.4) is 0 Å². The molecule has 1 aromatic rings. The molecular formula is C11H12F3N3O3. The Morgan fingerprint density at radius 3 is 2.60 bits per heavy atom. The third-order valence-electron chi connectivity index (χ3n) is 2.49. The first-order chi connectivity index (χ1) is 9.12. The molecule has 1 aromatic carbocycles. The standard InChI is InChI=1S/C11H12F3N3O3/c1-6-2-3-9(8(4-6)17(18)19)20-5-7(10(15)16)11(12,13)14/h2-4,7H,5H2,1H3,(H3,15,16). The van der Waals surface area contributed by atoms with E-state index in [0.717, 1.165) is 0 Å². The van der Waals surface area contributed by atoms with E-state index < -0.39 is 35.1 Å². The summed E-state index contributed by atoms with van der Waals surface area (Å²) in [5.74, 6) is -3.70. The molecule has 0 aromatic heterocycles. The van der Waals surface area contributed by atoms with Crippen LogP contribution in [0.2, 0.25) is 0 Å². The number of nitro groups is 1. The molecule has 0 aliphatic heterocycles. The molecule has 0 fully saturated rings. The number of hydrogen-bond donors (Lipinski definition) is 2. The van der Waals surface area contributed by atoms with Crippen molar-refractivity contribution in [1.29, 1.82) is 5.41 Å². The normalized spacial score (nSPS) is 12.8. The van der Waals surface area contributed by atoms with E-state index in [4.69, 9.17) is 15.9 Å². The van der Waals surface area contributed by atoms with Crippen LogP contribution in [0.5, 0.6) is 5.75 Å². The average Bonchev–Trinajstić information content (AvgIpc) is 2.28. The summed E-state index contributed by atoms with van der Waals surface area (Å²) in [5.41, 5.74) is 4.99. The smallest absolute Gasteiger partial charge is 0.401 e. The Hall–Kier alpha value is -2.32. The molecule has 20 heavy (non-hydrogen) atoms. The van der Waals surface area contributed by atoms with E-state index in [1.807, 2.05) is 0 Å². The zero-order chi connectivity index (χ0) is 15.5. The number of benzene rings is 1. The second-order valence-corrected chi connectivity index (χ2v) is 4.09. The molecule has 3 N–H and O–H groups in total. The van der Waals surface area contributed by atoms with Crippen LogP contribution in [-0.4, -0.2) is 23.5 Å². The zero-order valence-corrected chi connectivity index (χ0v) is 10.4. The van der Waals surface area contributed by atoms with E-state index in [0.29, 0.717) is 5.56 Å². The van der Waals surface area contributed by atoms with E-state index >= 15 is 0 Å². The Morgan fingerprint density at radius 1 is 1.55 bits per heavy atom. The lowest BCUT2D eigenvalue weighted by molar-refractivity contribution is -0.386. The highest BCUT2D eigenvalue weighted by Crippen LogP contribution is 2.31. The van der Waals surface area contributed by atoms with Gasteiger partial charge in [-0.2, -0.15) is 13.2 Å². The molecule has 0 radical (unpaired) electrons. The highest BCUT2D eigenvalue weighted by atomic mass is 19.4. The fourth-order valence-electron chi connectivity index (χ4n) is 1.43. The maximum absolute atomic E-state index is 12.6. The van der Waals surface area contributed by atoms with E-state index in [2.05, 4.69) is 0 Å². The number of nitro benzene ring substituents is 1. The summed E-state index contributed by atoms with van der Waals surface area (Å²) in [6, 6.07) is 3.87. The summed E-state index contributed by atoms with van der Waals surface area (Å²) in [5, 5.41) is 17.7. The Kier molecular flexibility index (Phi) is 4.53. The van der Waals surface area contributed by atoms with Gasteiger partial charge in [0.2, 0.25) is 0 Å². The topological polar surface area (TPSA) is 102 Å². The monoisotopic (exact) mass is 291 g/mol. The van der Waals surface area contributed by atoms with Gasteiger partial charge in [-0.15, -0.1) is 0 Å². The molecule has 0 amide bonds. The molecule has 0 heterocycles. The van der Waals surface area contributed by atoms with Crippen LogP contribution in [0.1, 0.15) is 5.56 Å². The molecule has 0 aliphatic carbocycles. The second-order valence-electron chi connectivity index (χ2n) is 4.09. The van der Waals surface area contributed by atoms with E-state index in [1.54, 1.807) is 6.92 Å². The Labute approximate surface area is 112 Å². The maximum atomic E-state index is 12.6. The average molecular weight is 291 g/mol. The van der Waals surface area contributed by atoms with Gasteiger partial charge in [0.15, 0.2) is 5.75 Å². The molecular weight excluding hydrogens is 279 g/mol. The number of nitrogens with one attached hydrogen (secondary N) is 1. The predicted octanol–water partition coefficient (Wildman–Crippen LogP) is 2.40. The quantitative estimate of drug-likeness (QED) is 0.376. The van der Waals surface area contributed by atoms with E-state index in [9.17, 15) is 23.3 Å². The molecule has 0 spiro atoms. The van der Waals surface area contributed by atoms with Gasteiger partial charge >= 0.3 is 11.9 Å². The number of nitrogens with two attached hydrogens (primary N) is 1. The van der Waals surface area contributed by atoms with Gasteiger partial charge in [-0.1, -0.05) is 6.07 Å². The number of amidine groups is 1. The number of rotatable bonds is 5. The summed E-state index contributed by atoms with van der Waals surface area (Å²) in [7, 11) is 0. The lowest BCUT2D eigenvalue weighted by atomic mass is 10.1. The van der Waals surface area contributed by atoms with Crippen LogP contribution in [-0.2, 0) is 0 Å². The summed E-state index contributed by atoms with van der Waals surface area (Å²) in [6.45, 7) is 0.619. The lowest BCUT2D eigenvalue weighted by Gasteiger charge is -2.19. The minimum Gasteiger partial charge on any atom is -0.486 e. The molecule has 1 unspecified atom stereocenters. The van der Waals surface area contributed by atoms with Gasteiger partial charge in [-0.05, 0) is 18.6 Å². The third-order valence-corrected chi connectivity index (χ3v) is 2.49. The number of ether oxygens (including phenoxy) is 1. The minimum absolute atomic E-state index is 0.295. The number of nitrogens with zero attached hydrogens (tertiary/aromatic N) is 1. The van der Waals surface area contributed by atoms with Crippen molar-refractivity contribution in [2.45, 2.75) is 13.1 Å². The summed E-state index contributed by atoms with van der Waals surface area (Å²) in [4.78, 5) is 10.0.